The number of aliphatic hydroxyl groups excluding tert-OH is 2. The maximum absolute atomic E-state index is 9.81. The monoisotopic (exact) mass is 216 g/mol. The van der Waals surface area contributed by atoms with Crippen molar-refractivity contribution in [2.45, 2.75) is 66.1 Å². The Morgan fingerprint density at radius 3 is 1.80 bits per heavy atom. The predicted octanol–water partition coefficient (Wildman–Crippen LogP) is 2.83. The zero-order valence-corrected chi connectivity index (χ0v) is 10.9. The topological polar surface area (TPSA) is 40.5 Å². The average molecular weight is 216 g/mol. The molecule has 0 aliphatic heterocycles. The van der Waals surface area contributed by atoms with Crippen molar-refractivity contribution in [1.82, 2.24) is 0 Å². The lowest BCUT2D eigenvalue weighted by molar-refractivity contribution is 0.0557. The van der Waals surface area contributed by atoms with E-state index in [4.69, 9.17) is 0 Å². The van der Waals surface area contributed by atoms with E-state index < -0.39 is 0 Å². The molecule has 0 aromatic carbocycles. The van der Waals surface area contributed by atoms with Gasteiger partial charge in [0.25, 0.3) is 0 Å². The van der Waals surface area contributed by atoms with Gasteiger partial charge in [-0.25, -0.2) is 0 Å². The van der Waals surface area contributed by atoms with Crippen LogP contribution in [0.25, 0.3) is 0 Å². The summed E-state index contributed by atoms with van der Waals surface area (Å²) in [7, 11) is 0. The van der Waals surface area contributed by atoms with E-state index in [1.807, 2.05) is 13.8 Å². The molecule has 3 atom stereocenters. The fraction of sp³-hybridized carbons (Fsp3) is 1.00. The van der Waals surface area contributed by atoms with Gasteiger partial charge in [0.1, 0.15) is 0 Å². The summed E-state index contributed by atoms with van der Waals surface area (Å²) in [6.07, 6.45) is 2.14. The molecule has 0 radical (unpaired) electrons. The van der Waals surface area contributed by atoms with Gasteiger partial charge in [-0.3, -0.25) is 0 Å². The summed E-state index contributed by atoms with van der Waals surface area (Å²) in [5.41, 5.74) is 0. The van der Waals surface area contributed by atoms with Gasteiger partial charge in [0.15, 0.2) is 0 Å². The van der Waals surface area contributed by atoms with Gasteiger partial charge in [-0.05, 0) is 37.0 Å². The molecule has 0 aromatic rings. The smallest absolute Gasteiger partial charge is 0.0588 e. The maximum atomic E-state index is 9.81. The minimum atomic E-state index is -0.240. The van der Waals surface area contributed by atoms with Gasteiger partial charge in [0.2, 0.25) is 0 Å². The van der Waals surface area contributed by atoms with Crippen molar-refractivity contribution in [3.63, 3.8) is 0 Å². The normalized spacial score (nSPS) is 18.2. The summed E-state index contributed by atoms with van der Waals surface area (Å²) < 4.78 is 0. The van der Waals surface area contributed by atoms with Crippen LogP contribution < -0.4 is 0 Å². The van der Waals surface area contributed by atoms with Crippen molar-refractivity contribution in [3.8, 4) is 0 Å². The second kappa shape index (κ2) is 7.24. The molecule has 0 aliphatic rings. The van der Waals surface area contributed by atoms with E-state index in [2.05, 4.69) is 20.8 Å². The van der Waals surface area contributed by atoms with Crippen molar-refractivity contribution in [2.24, 2.45) is 17.8 Å². The Morgan fingerprint density at radius 2 is 1.40 bits per heavy atom. The van der Waals surface area contributed by atoms with Crippen LogP contribution in [-0.4, -0.2) is 22.4 Å². The highest BCUT2D eigenvalue weighted by atomic mass is 16.3. The highest BCUT2D eigenvalue weighted by molar-refractivity contribution is 4.70. The van der Waals surface area contributed by atoms with E-state index in [9.17, 15) is 10.2 Å². The highest BCUT2D eigenvalue weighted by Gasteiger charge is 2.18. The lowest BCUT2D eigenvalue weighted by atomic mass is 9.89. The standard InChI is InChI=1S/C13H28O2/c1-9(2)8-12(14)7-6-11(5)13(15)10(3)4/h9-15H,6-8H2,1-5H3. The first-order valence-corrected chi connectivity index (χ1v) is 6.20. The van der Waals surface area contributed by atoms with Crippen molar-refractivity contribution in [3.05, 3.63) is 0 Å². The van der Waals surface area contributed by atoms with Gasteiger partial charge in [0.05, 0.1) is 12.2 Å². The number of hydrogen-bond donors (Lipinski definition) is 2. The van der Waals surface area contributed by atoms with Crippen LogP contribution >= 0.6 is 0 Å². The summed E-state index contributed by atoms with van der Waals surface area (Å²) in [4.78, 5) is 0. The molecule has 2 heteroatoms. The van der Waals surface area contributed by atoms with Crippen LogP contribution in [0.4, 0.5) is 0 Å². The maximum Gasteiger partial charge on any atom is 0.0588 e. The SMILES string of the molecule is CC(C)CC(O)CCC(C)C(O)C(C)C. The van der Waals surface area contributed by atoms with Crippen LogP contribution in [0.5, 0.6) is 0 Å². The Bertz CT molecular complexity index is 155. The van der Waals surface area contributed by atoms with Gasteiger partial charge in [-0.15, -0.1) is 0 Å². The van der Waals surface area contributed by atoms with E-state index in [1.54, 1.807) is 0 Å². The Balaban J connectivity index is 3.74. The predicted molar refractivity (Wildman–Crippen MR) is 64.7 cm³/mol. The molecule has 0 heterocycles. The fourth-order valence-electron chi connectivity index (χ4n) is 1.95. The Morgan fingerprint density at radius 1 is 0.867 bits per heavy atom. The molecule has 3 unspecified atom stereocenters. The lowest BCUT2D eigenvalue weighted by Gasteiger charge is -2.23. The number of aliphatic hydroxyl groups is 2. The van der Waals surface area contributed by atoms with Gasteiger partial charge < -0.3 is 10.2 Å². The molecule has 0 aliphatic carbocycles. The summed E-state index contributed by atoms with van der Waals surface area (Å²) >= 11 is 0. The first-order chi connectivity index (χ1) is 6.84. The Hall–Kier alpha value is -0.0800. The van der Waals surface area contributed by atoms with Crippen molar-refractivity contribution < 1.29 is 10.2 Å². The van der Waals surface area contributed by atoms with Crippen LogP contribution in [0, 0.1) is 17.8 Å². The molecule has 2 N–H and O–H groups in total. The number of rotatable bonds is 7. The van der Waals surface area contributed by atoms with Crippen LogP contribution in [0.15, 0.2) is 0 Å². The number of hydrogen-bond acceptors (Lipinski definition) is 2. The van der Waals surface area contributed by atoms with Gasteiger partial charge in [-0.1, -0.05) is 34.6 Å². The molecule has 0 amide bonds. The minimum Gasteiger partial charge on any atom is -0.393 e. The molecule has 0 rings (SSSR count). The van der Waals surface area contributed by atoms with Crippen LogP contribution in [0.2, 0.25) is 0 Å². The van der Waals surface area contributed by atoms with E-state index in [-0.39, 0.29) is 18.1 Å². The quantitative estimate of drug-likeness (QED) is 0.687. The molecule has 0 saturated carbocycles. The first kappa shape index (κ1) is 14.9. The molecule has 0 spiro atoms. The van der Waals surface area contributed by atoms with Crippen molar-refractivity contribution in [2.75, 3.05) is 0 Å². The van der Waals surface area contributed by atoms with Gasteiger partial charge >= 0.3 is 0 Å². The van der Waals surface area contributed by atoms with Crippen molar-refractivity contribution in [1.29, 1.82) is 0 Å². The van der Waals surface area contributed by atoms with Gasteiger partial charge in [0, 0.05) is 0 Å². The Kier molecular flexibility index (Phi) is 7.20. The Labute approximate surface area is 94.7 Å². The molecule has 0 fully saturated rings. The molecule has 92 valence electrons. The molecule has 0 bridgehead atoms. The van der Waals surface area contributed by atoms with Crippen LogP contribution in [0.3, 0.4) is 0 Å². The fourth-order valence-corrected chi connectivity index (χ4v) is 1.95. The zero-order valence-electron chi connectivity index (χ0n) is 10.9. The molecule has 2 nitrogen and oxygen atoms in total. The summed E-state index contributed by atoms with van der Waals surface area (Å²) in [6, 6.07) is 0. The van der Waals surface area contributed by atoms with E-state index in [0.717, 1.165) is 19.3 Å². The third-order valence-electron chi connectivity index (χ3n) is 2.96. The highest BCUT2D eigenvalue weighted by Crippen LogP contribution is 2.20. The molecule has 0 saturated heterocycles. The summed E-state index contributed by atoms with van der Waals surface area (Å²) in [6.45, 7) is 10.4. The van der Waals surface area contributed by atoms with E-state index in [0.29, 0.717) is 11.8 Å². The van der Waals surface area contributed by atoms with Crippen LogP contribution in [0.1, 0.15) is 53.9 Å². The second-order valence-electron chi connectivity index (χ2n) is 5.57. The summed E-state index contributed by atoms with van der Waals surface area (Å²) in [5, 5.41) is 19.5. The largest absolute Gasteiger partial charge is 0.393 e. The van der Waals surface area contributed by atoms with E-state index in [1.165, 1.54) is 0 Å². The van der Waals surface area contributed by atoms with Gasteiger partial charge in [-0.2, -0.15) is 0 Å². The molecule has 15 heavy (non-hydrogen) atoms. The zero-order chi connectivity index (χ0) is 12.0. The second-order valence-corrected chi connectivity index (χ2v) is 5.57. The molecular formula is C13H28O2. The minimum absolute atomic E-state index is 0.202. The third kappa shape index (κ3) is 6.91. The first-order valence-electron chi connectivity index (χ1n) is 6.20. The lowest BCUT2D eigenvalue weighted by Crippen LogP contribution is -2.25. The van der Waals surface area contributed by atoms with Crippen molar-refractivity contribution >= 4 is 0 Å². The van der Waals surface area contributed by atoms with Crippen LogP contribution in [-0.2, 0) is 0 Å². The average Bonchev–Trinajstić information content (AvgIpc) is 2.11. The third-order valence-corrected chi connectivity index (χ3v) is 2.96. The van der Waals surface area contributed by atoms with E-state index >= 15 is 0 Å². The molecular weight excluding hydrogens is 188 g/mol. The summed E-state index contributed by atoms with van der Waals surface area (Å²) in [5.74, 6) is 1.14. The molecule has 0 aromatic heterocycles.